The highest BCUT2D eigenvalue weighted by Gasteiger charge is 2.36. The molecule has 0 spiro atoms. The van der Waals surface area contributed by atoms with Crippen molar-refractivity contribution >= 4 is 44.4 Å². The first-order valence-electron chi connectivity index (χ1n) is 17.9. The van der Waals surface area contributed by atoms with Gasteiger partial charge >= 0.3 is 12.3 Å². The zero-order valence-electron chi connectivity index (χ0n) is 30.3. The molecule has 274 valence electrons. The van der Waals surface area contributed by atoms with E-state index in [9.17, 15) is 23.2 Å². The van der Waals surface area contributed by atoms with Crippen molar-refractivity contribution in [3.63, 3.8) is 0 Å². The monoisotopic (exact) mass is 723 g/mol. The van der Waals surface area contributed by atoms with E-state index in [0.717, 1.165) is 80.5 Å². The molecular weight excluding hydrogens is 676 g/mol. The van der Waals surface area contributed by atoms with Crippen LogP contribution in [0.15, 0.2) is 30.6 Å². The minimum absolute atomic E-state index is 0.0835. The summed E-state index contributed by atoms with van der Waals surface area (Å²) in [4.78, 5) is 26.6. The summed E-state index contributed by atoms with van der Waals surface area (Å²) in [5.74, 6) is 1.03. The molecule has 0 radical (unpaired) electrons. The van der Waals surface area contributed by atoms with E-state index < -0.39 is 18.2 Å². The number of carbonyl (C=O) groups is 1. The molecular formula is C38H48F3N7O2S. The fourth-order valence-corrected chi connectivity index (χ4v) is 8.97. The van der Waals surface area contributed by atoms with Gasteiger partial charge in [0.2, 0.25) is 0 Å². The maximum absolute atomic E-state index is 13.0. The van der Waals surface area contributed by atoms with Gasteiger partial charge in [-0.1, -0.05) is 6.07 Å². The molecule has 2 atom stereocenters. The Morgan fingerprint density at radius 2 is 1.78 bits per heavy atom. The number of ether oxygens (including phenoxy) is 1. The van der Waals surface area contributed by atoms with Crippen LogP contribution < -0.4 is 5.32 Å². The van der Waals surface area contributed by atoms with Crippen LogP contribution in [-0.4, -0.2) is 73.4 Å². The predicted octanol–water partition coefficient (Wildman–Crippen LogP) is 8.82. The largest absolute Gasteiger partial charge is 0.444 e. The quantitative estimate of drug-likeness (QED) is 0.194. The van der Waals surface area contributed by atoms with E-state index in [0.29, 0.717) is 27.6 Å². The molecule has 4 aromatic rings. The predicted molar refractivity (Wildman–Crippen MR) is 195 cm³/mol. The molecule has 9 nitrogen and oxygen atoms in total. The molecule has 2 saturated heterocycles. The van der Waals surface area contributed by atoms with E-state index in [1.165, 1.54) is 17.5 Å². The lowest BCUT2D eigenvalue weighted by atomic mass is 9.85. The second-order valence-electron chi connectivity index (χ2n) is 15.4. The highest BCUT2D eigenvalue weighted by atomic mass is 32.1. The van der Waals surface area contributed by atoms with Crippen molar-refractivity contribution in [2.24, 2.45) is 5.92 Å². The van der Waals surface area contributed by atoms with Gasteiger partial charge < -0.3 is 19.5 Å². The summed E-state index contributed by atoms with van der Waals surface area (Å²) in [7, 11) is 0. The number of aryl methyl sites for hydroxylation is 2. The number of anilines is 1. The van der Waals surface area contributed by atoms with Gasteiger partial charge in [-0.2, -0.15) is 18.4 Å². The number of hydrogen-bond acceptors (Lipinski definition) is 8. The number of thiophene rings is 1. The van der Waals surface area contributed by atoms with Gasteiger partial charge in [-0.25, -0.2) is 14.8 Å². The van der Waals surface area contributed by atoms with Crippen molar-refractivity contribution in [3.05, 3.63) is 52.3 Å². The van der Waals surface area contributed by atoms with E-state index in [2.05, 4.69) is 63.7 Å². The lowest BCUT2D eigenvalue weighted by Crippen LogP contribution is -2.51. The number of hydrogen-bond donors (Lipinski definition) is 1. The van der Waals surface area contributed by atoms with E-state index >= 15 is 0 Å². The Morgan fingerprint density at radius 1 is 1.08 bits per heavy atom. The van der Waals surface area contributed by atoms with Crippen molar-refractivity contribution in [1.29, 1.82) is 5.26 Å². The minimum atomic E-state index is -4.26. The lowest BCUT2D eigenvalue weighted by molar-refractivity contribution is -0.126. The third-order valence-electron chi connectivity index (χ3n) is 10.3. The molecule has 6 rings (SSSR count). The summed E-state index contributed by atoms with van der Waals surface area (Å²) >= 11 is 1.06. The SMILES string of the molecule is Cc1c(CN2CCC(Nc3ncnc4sc(CC(F)(F)F)cc34)CC2)ccc2c1cc(C#N)n2CCC1C[C@@H](C)N(C(=O)OC(C)(C)C)[C@H](C)C1. The summed E-state index contributed by atoms with van der Waals surface area (Å²) in [6.07, 6.45) is 0.447. The van der Waals surface area contributed by atoms with E-state index in [4.69, 9.17) is 4.74 Å². The van der Waals surface area contributed by atoms with Gasteiger partial charge in [-0.15, -0.1) is 11.3 Å². The topological polar surface area (TPSA) is 99.3 Å². The van der Waals surface area contributed by atoms with Crippen molar-refractivity contribution in [2.75, 3.05) is 18.4 Å². The number of halogens is 3. The average molecular weight is 724 g/mol. The van der Waals surface area contributed by atoms with Crippen LogP contribution in [0.3, 0.4) is 0 Å². The van der Waals surface area contributed by atoms with Crippen LogP contribution in [0.25, 0.3) is 21.1 Å². The average Bonchev–Trinajstić information content (AvgIpc) is 3.61. The number of benzene rings is 1. The van der Waals surface area contributed by atoms with Crippen LogP contribution in [0.5, 0.6) is 0 Å². The van der Waals surface area contributed by atoms with Crippen molar-refractivity contribution in [1.82, 2.24) is 24.3 Å². The molecule has 0 bridgehead atoms. The van der Waals surface area contributed by atoms with Crippen LogP contribution in [0.4, 0.5) is 23.8 Å². The molecule has 1 amide bonds. The number of carbonyl (C=O) groups excluding carboxylic acids is 1. The van der Waals surface area contributed by atoms with Crippen LogP contribution >= 0.6 is 11.3 Å². The smallest absolute Gasteiger partial charge is 0.410 e. The molecule has 1 aromatic carbocycles. The first-order valence-corrected chi connectivity index (χ1v) is 18.7. The zero-order valence-corrected chi connectivity index (χ0v) is 31.1. The summed E-state index contributed by atoms with van der Waals surface area (Å²) < 4.78 is 46.8. The highest BCUT2D eigenvalue weighted by molar-refractivity contribution is 7.18. The number of nitrogens with one attached hydrogen (secondary N) is 1. The summed E-state index contributed by atoms with van der Waals surface area (Å²) in [6.45, 7) is 15.3. The Bertz CT molecular complexity index is 1900. The Hall–Kier alpha value is -3.89. The number of fused-ring (bicyclic) bond motifs is 2. The molecule has 13 heteroatoms. The molecule has 5 heterocycles. The molecule has 2 fully saturated rings. The normalized spacial score (nSPS) is 20.9. The number of nitrogens with zero attached hydrogens (tertiary/aromatic N) is 6. The van der Waals surface area contributed by atoms with E-state index in [1.807, 2.05) is 31.7 Å². The van der Waals surface area contributed by atoms with Gasteiger partial charge in [0.15, 0.2) is 0 Å². The highest BCUT2D eigenvalue weighted by Crippen LogP contribution is 2.35. The number of likely N-dealkylation sites (tertiary alicyclic amines) is 2. The second kappa shape index (κ2) is 14.6. The minimum Gasteiger partial charge on any atom is -0.444 e. The number of amides is 1. The molecule has 0 unspecified atom stereocenters. The van der Waals surface area contributed by atoms with Crippen LogP contribution in [0.1, 0.15) is 88.4 Å². The van der Waals surface area contributed by atoms with Crippen LogP contribution in [0.2, 0.25) is 0 Å². The van der Waals surface area contributed by atoms with E-state index in [-0.39, 0.29) is 29.1 Å². The first-order chi connectivity index (χ1) is 24.1. The zero-order chi connectivity index (χ0) is 36.7. The Labute approximate surface area is 301 Å². The summed E-state index contributed by atoms with van der Waals surface area (Å²) in [5.41, 5.74) is 3.64. The molecule has 1 N–H and O–H groups in total. The molecule has 0 aliphatic carbocycles. The number of nitriles is 1. The molecule has 2 aliphatic heterocycles. The van der Waals surface area contributed by atoms with E-state index in [1.54, 1.807) is 6.07 Å². The molecule has 0 saturated carbocycles. The lowest BCUT2D eigenvalue weighted by Gasteiger charge is -2.43. The maximum atomic E-state index is 13.0. The van der Waals surface area contributed by atoms with Gasteiger partial charge in [0.1, 0.15) is 34.3 Å². The van der Waals surface area contributed by atoms with Crippen molar-refractivity contribution < 1.29 is 22.7 Å². The molecule has 2 aliphatic rings. The van der Waals surface area contributed by atoms with Gasteiger partial charge in [0.25, 0.3) is 0 Å². The summed E-state index contributed by atoms with van der Waals surface area (Å²) in [5, 5.41) is 15.3. The molecule has 51 heavy (non-hydrogen) atoms. The number of alkyl halides is 3. The number of piperidine rings is 2. The van der Waals surface area contributed by atoms with Crippen molar-refractivity contribution in [2.45, 2.75) is 123 Å². The van der Waals surface area contributed by atoms with Crippen molar-refractivity contribution in [3.8, 4) is 6.07 Å². The fraction of sp³-hybridized carbons (Fsp3) is 0.579. The standard InChI is InChI=1S/C38H48F3N7O2S/c1-23-15-26(16-24(2)48(23)36(49)50-37(4,5)6)9-14-47-29(20-42)17-31-25(3)27(7-8-33(31)47)21-46-12-10-28(11-13-46)45-34-32-18-30(19-38(39,40)41)51-35(32)44-22-43-34/h7-8,17-18,22-24,26,28H,9-16,19,21H2,1-6H3,(H,43,44,45)/t23-,24-/m1/s1. The van der Waals surface area contributed by atoms with Crippen LogP contribution in [-0.2, 0) is 24.2 Å². The maximum Gasteiger partial charge on any atom is 0.410 e. The Balaban J connectivity index is 1.06. The number of rotatable bonds is 8. The Kier molecular flexibility index (Phi) is 10.6. The Morgan fingerprint density at radius 3 is 2.43 bits per heavy atom. The second-order valence-corrected chi connectivity index (χ2v) is 16.5. The van der Waals surface area contributed by atoms with Gasteiger partial charge in [0, 0.05) is 60.1 Å². The third-order valence-corrected chi connectivity index (χ3v) is 11.4. The third kappa shape index (κ3) is 8.60. The van der Waals surface area contributed by atoms with Gasteiger partial charge in [-0.3, -0.25) is 4.90 Å². The van der Waals surface area contributed by atoms with Gasteiger partial charge in [-0.05, 0) is 109 Å². The first kappa shape index (κ1) is 36.9. The van der Waals surface area contributed by atoms with Crippen LogP contribution in [0, 0.1) is 24.2 Å². The molecule has 3 aromatic heterocycles. The van der Waals surface area contributed by atoms with Gasteiger partial charge in [0.05, 0.1) is 11.8 Å². The number of aromatic nitrogens is 3. The fourth-order valence-electron chi connectivity index (χ4n) is 7.95. The summed E-state index contributed by atoms with van der Waals surface area (Å²) in [6, 6.07) is 10.7.